The summed E-state index contributed by atoms with van der Waals surface area (Å²) < 4.78 is 0. The van der Waals surface area contributed by atoms with Crippen LogP contribution in [-0.2, 0) is 0 Å². The van der Waals surface area contributed by atoms with Gasteiger partial charge in [0.25, 0.3) is 0 Å². The van der Waals surface area contributed by atoms with Crippen molar-refractivity contribution in [3.8, 4) is 5.75 Å². The maximum absolute atomic E-state index is 10.3. The SMILES string of the molecule is Cc1cc(O)c(N=O)cc1C(C)C. The molecule has 13 heavy (non-hydrogen) atoms. The molecule has 70 valence electrons. The zero-order valence-electron chi connectivity index (χ0n) is 8.03. The van der Waals surface area contributed by atoms with Gasteiger partial charge in [0.1, 0.15) is 11.4 Å². The number of aromatic hydroxyl groups is 1. The standard InChI is InChI=1S/C10H13NO2/c1-6(2)8-5-9(11-13)10(12)4-7(8)3/h4-6,12H,1-3H3. The molecular formula is C10H13NO2. The zero-order chi connectivity index (χ0) is 10.0. The molecule has 0 saturated carbocycles. The summed E-state index contributed by atoms with van der Waals surface area (Å²) >= 11 is 0. The van der Waals surface area contributed by atoms with Crippen molar-refractivity contribution in [1.29, 1.82) is 0 Å². The second kappa shape index (κ2) is 3.56. The summed E-state index contributed by atoms with van der Waals surface area (Å²) in [5.41, 5.74) is 2.15. The summed E-state index contributed by atoms with van der Waals surface area (Å²) in [4.78, 5) is 10.3. The molecule has 0 aliphatic rings. The van der Waals surface area contributed by atoms with Crippen LogP contribution >= 0.6 is 0 Å². The molecule has 1 aromatic carbocycles. The van der Waals surface area contributed by atoms with Gasteiger partial charge in [-0.2, -0.15) is 0 Å². The highest BCUT2D eigenvalue weighted by atomic mass is 16.3. The summed E-state index contributed by atoms with van der Waals surface area (Å²) in [6.07, 6.45) is 0. The van der Waals surface area contributed by atoms with Gasteiger partial charge in [-0.25, -0.2) is 0 Å². The van der Waals surface area contributed by atoms with Crippen molar-refractivity contribution >= 4 is 5.69 Å². The fourth-order valence-corrected chi connectivity index (χ4v) is 1.39. The Labute approximate surface area is 77.4 Å². The van der Waals surface area contributed by atoms with E-state index in [4.69, 9.17) is 0 Å². The van der Waals surface area contributed by atoms with Crippen LogP contribution in [0.5, 0.6) is 5.75 Å². The molecular weight excluding hydrogens is 166 g/mol. The molecule has 0 aliphatic heterocycles. The number of rotatable bonds is 2. The quantitative estimate of drug-likeness (QED) is 0.708. The predicted molar refractivity (Wildman–Crippen MR) is 52.4 cm³/mol. The van der Waals surface area contributed by atoms with E-state index in [1.54, 1.807) is 12.1 Å². The van der Waals surface area contributed by atoms with E-state index in [2.05, 4.69) is 5.18 Å². The van der Waals surface area contributed by atoms with Crippen LogP contribution in [0.15, 0.2) is 17.3 Å². The number of hydrogen-bond donors (Lipinski definition) is 1. The summed E-state index contributed by atoms with van der Waals surface area (Å²) in [6.45, 7) is 5.98. The van der Waals surface area contributed by atoms with Crippen molar-refractivity contribution in [2.24, 2.45) is 5.18 Å². The molecule has 0 atom stereocenters. The van der Waals surface area contributed by atoms with Gasteiger partial charge < -0.3 is 5.11 Å². The normalized spacial score (nSPS) is 10.5. The zero-order valence-corrected chi connectivity index (χ0v) is 8.03. The third-order valence-electron chi connectivity index (χ3n) is 2.08. The van der Waals surface area contributed by atoms with E-state index in [0.29, 0.717) is 5.92 Å². The maximum atomic E-state index is 10.3. The molecule has 0 amide bonds. The highest BCUT2D eigenvalue weighted by molar-refractivity contribution is 5.55. The first-order valence-electron chi connectivity index (χ1n) is 4.23. The van der Waals surface area contributed by atoms with Crippen molar-refractivity contribution < 1.29 is 5.11 Å². The molecule has 1 N–H and O–H groups in total. The van der Waals surface area contributed by atoms with E-state index in [-0.39, 0.29) is 11.4 Å². The average Bonchev–Trinajstić information content (AvgIpc) is 2.03. The largest absolute Gasteiger partial charge is 0.506 e. The number of nitrogens with zero attached hydrogens (tertiary/aromatic N) is 1. The minimum absolute atomic E-state index is 0.0445. The average molecular weight is 179 g/mol. The Bertz CT molecular complexity index is 332. The first-order valence-corrected chi connectivity index (χ1v) is 4.23. The number of nitroso groups, excluding NO2 is 1. The van der Waals surface area contributed by atoms with Crippen LogP contribution in [0, 0.1) is 11.8 Å². The van der Waals surface area contributed by atoms with Crippen molar-refractivity contribution in [2.75, 3.05) is 0 Å². The maximum Gasteiger partial charge on any atom is 0.149 e. The van der Waals surface area contributed by atoms with Crippen molar-refractivity contribution in [3.05, 3.63) is 28.2 Å². The van der Waals surface area contributed by atoms with E-state index >= 15 is 0 Å². The van der Waals surface area contributed by atoms with Crippen molar-refractivity contribution in [2.45, 2.75) is 26.7 Å². The number of benzene rings is 1. The van der Waals surface area contributed by atoms with Crippen LogP contribution in [-0.4, -0.2) is 5.11 Å². The molecule has 3 heteroatoms. The lowest BCUT2D eigenvalue weighted by Gasteiger charge is -2.10. The summed E-state index contributed by atoms with van der Waals surface area (Å²) in [5.74, 6) is 0.290. The molecule has 0 aliphatic carbocycles. The smallest absolute Gasteiger partial charge is 0.149 e. The van der Waals surface area contributed by atoms with Gasteiger partial charge in [0.15, 0.2) is 0 Å². The highest BCUT2D eigenvalue weighted by Gasteiger charge is 2.09. The van der Waals surface area contributed by atoms with E-state index in [1.165, 1.54) is 0 Å². The van der Waals surface area contributed by atoms with Gasteiger partial charge in [-0.05, 0) is 41.3 Å². The summed E-state index contributed by atoms with van der Waals surface area (Å²) in [6, 6.07) is 3.22. The Kier molecular flexibility index (Phi) is 2.66. The van der Waals surface area contributed by atoms with Gasteiger partial charge >= 0.3 is 0 Å². The summed E-state index contributed by atoms with van der Waals surface area (Å²) in [5, 5.41) is 12.1. The van der Waals surface area contributed by atoms with Crippen molar-refractivity contribution in [3.63, 3.8) is 0 Å². The molecule has 0 bridgehead atoms. The first-order chi connectivity index (χ1) is 6.06. The van der Waals surface area contributed by atoms with Crippen LogP contribution in [0.4, 0.5) is 5.69 Å². The second-order valence-electron chi connectivity index (χ2n) is 3.44. The van der Waals surface area contributed by atoms with Gasteiger partial charge in [-0.15, -0.1) is 4.91 Å². The molecule has 1 rings (SSSR count). The topological polar surface area (TPSA) is 49.7 Å². The van der Waals surface area contributed by atoms with E-state index in [9.17, 15) is 10.0 Å². The van der Waals surface area contributed by atoms with E-state index in [1.807, 2.05) is 20.8 Å². The molecule has 0 unspecified atom stereocenters. The molecule has 0 fully saturated rings. The molecule has 0 aromatic heterocycles. The Morgan fingerprint density at radius 2 is 2.00 bits per heavy atom. The van der Waals surface area contributed by atoms with Gasteiger partial charge in [0.2, 0.25) is 0 Å². The lowest BCUT2D eigenvalue weighted by Crippen LogP contribution is -1.91. The Balaban J connectivity index is 3.30. The lowest BCUT2D eigenvalue weighted by atomic mass is 9.97. The van der Waals surface area contributed by atoms with Crippen LogP contribution < -0.4 is 0 Å². The Morgan fingerprint density at radius 1 is 1.38 bits per heavy atom. The van der Waals surface area contributed by atoms with Gasteiger partial charge in [0, 0.05) is 0 Å². The molecule has 0 spiro atoms. The number of aryl methyl sites for hydroxylation is 1. The monoisotopic (exact) mass is 179 g/mol. The van der Waals surface area contributed by atoms with Crippen LogP contribution in [0.2, 0.25) is 0 Å². The predicted octanol–water partition coefficient (Wildman–Crippen LogP) is 3.22. The molecule has 3 nitrogen and oxygen atoms in total. The molecule has 0 radical (unpaired) electrons. The molecule has 1 aromatic rings. The number of phenols is 1. The van der Waals surface area contributed by atoms with Crippen LogP contribution in [0.1, 0.15) is 30.9 Å². The van der Waals surface area contributed by atoms with E-state index in [0.717, 1.165) is 11.1 Å². The number of phenolic OH excluding ortho intramolecular Hbond substituents is 1. The Morgan fingerprint density at radius 3 is 2.46 bits per heavy atom. The third-order valence-corrected chi connectivity index (χ3v) is 2.08. The van der Waals surface area contributed by atoms with E-state index < -0.39 is 0 Å². The fourth-order valence-electron chi connectivity index (χ4n) is 1.39. The Hall–Kier alpha value is -1.38. The molecule has 0 heterocycles. The number of hydrogen-bond acceptors (Lipinski definition) is 3. The van der Waals surface area contributed by atoms with Crippen molar-refractivity contribution in [1.82, 2.24) is 0 Å². The minimum Gasteiger partial charge on any atom is -0.506 e. The summed E-state index contributed by atoms with van der Waals surface area (Å²) in [7, 11) is 0. The lowest BCUT2D eigenvalue weighted by molar-refractivity contribution is 0.476. The second-order valence-corrected chi connectivity index (χ2v) is 3.44. The fraction of sp³-hybridized carbons (Fsp3) is 0.400. The van der Waals surface area contributed by atoms with Crippen LogP contribution in [0.25, 0.3) is 0 Å². The molecule has 0 saturated heterocycles. The van der Waals surface area contributed by atoms with Gasteiger partial charge in [0.05, 0.1) is 0 Å². The van der Waals surface area contributed by atoms with Gasteiger partial charge in [-0.1, -0.05) is 13.8 Å². The highest BCUT2D eigenvalue weighted by Crippen LogP contribution is 2.32. The third kappa shape index (κ3) is 1.86. The van der Waals surface area contributed by atoms with Gasteiger partial charge in [-0.3, -0.25) is 0 Å². The first kappa shape index (κ1) is 9.71. The minimum atomic E-state index is -0.0445. The van der Waals surface area contributed by atoms with Crippen LogP contribution in [0.3, 0.4) is 0 Å².